The number of aryl methyl sites for hydroxylation is 1. The lowest BCUT2D eigenvalue weighted by atomic mass is 10.2. The molecule has 7 heteroatoms. The molecule has 1 fully saturated rings. The fourth-order valence-corrected chi connectivity index (χ4v) is 2.64. The molecule has 5 nitrogen and oxygen atoms in total. The first kappa shape index (κ1) is 15.9. The van der Waals surface area contributed by atoms with Crippen LogP contribution < -0.4 is 5.32 Å². The van der Waals surface area contributed by atoms with Crippen LogP contribution in [-0.2, 0) is 4.79 Å². The van der Waals surface area contributed by atoms with E-state index in [2.05, 4.69) is 20.4 Å². The summed E-state index contributed by atoms with van der Waals surface area (Å²) in [6, 6.07) is -0.331. The van der Waals surface area contributed by atoms with Crippen LogP contribution in [0.5, 0.6) is 0 Å². The summed E-state index contributed by atoms with van der Waals surface area (Å²) in [7, 11) is 0. The van der Waals surface area contributed by atoms with Gasteiger partial charge in [-0.25, -0.2) is 8.78 Å². The van der Waals surface area contributed by atoms with Gasteiger partial charge in [0.1, 0.15) is 0 Å². The Morgan fingerprint density at radius 2 is 1.90 bits per heavy atom. The third kappa shape index (κ3) is 3.78. The van der Waals surface area contributed by atoms with E-state index in [-0.39, 0.29) is 17.6 Å². The lowest BCUT2D eigenvalue weighted by Crippen LogP contribution is -2.42. The predicted octanol–water partition coefficient (Wildman–Crippen LogP) is 2.86. The Labute approximate surface area is 123 Å². The Balaban J connectivity index is 2.05. The highest BCUT2D eigenvalue weighted by Gasteiger charge is 2.26. The number of aromatic nitrogens is 2. The maximum Gasteiger partial charge on any atom is 0.284 e. The minimum Gasteiger partial charge on any atom is -0.321 e. The van der Waals surface area contributed by atoms with Gasteiger partial charge in [-0.05, 0) is 39.8 Å². The zero-order valence-electron chi connectivity index (χ0n) is 12.5. The lowest BCUT2D eigenvalue weighted by Gasteiger charge is -2.26. The molecule has 1 atom stereocenters. The largest absolute Gasteiger partial charge is 0.321 e. The average Bonchev–Trinajstić information content (AvgIpc) is 2.68. The fraction of sp³-hybridized carbons (Fsp3) is 0.714. The smallest absolute Gasteiger partial charge is 0.284 e. The van der Waals surface area contributed by atoms with Gasteiger partial charge < -0.3 is 5.32 Å². The first-order chi connectivity index (χ1) is 10.0. The van der Waals surface area contributed by atoms with Crippen molar-refractivity contribution in [3.8, 4) is 0 Å². The molecule has 0 aromatic carbocycles. The summed E-state index contributed by atoms with van der Waals surface area (Å²) in [5.74, 6) is -0.261. The van der Waals surface area contributed by atoms with Gasteiger partial charge >= 0.3 is 0 Å². The number of nitrogens with one attached hydrogen (secondary N) is 2. The van der Waals surface area contributed by atoms with Crippen molar-refractivity contribution in [3.05, 3.63) is 11.4 Å². The van der Waals surface area contributed by atoms with Crippen molar-refractivity contribution in [2.75, 3.05) is 18.4 Å². The van der Waals surface area contributed by atoms with E-state index < -0.39 is 12.1 Å². The molecule has 118 valence electrons. The van der Waals surface area contributed by atoms with E-state index in [0.717, 1.165) is 25.9 Å². The summed E-state index contributed by atoms with van der Waals surface area (Å²) < 4.78 is 25.7. The molecule has 1 aliphatic rings. The standard InChI is InChI=1S/C14H22F2N4O/c1-9-11(12(13(15)16)19-18-9)17-14(21)10(2)20-7-5-3-4-6-8-20/h10,13H,3-8H2,1-2H3,(H,17,21)(H,18,19). The maximum atomic E-state index is 12.9. The molecule has 0 radical (unpaired) electrons. The van der Waals surface area contributed by atoms with Gasteiger partial charge in [-0.1, -0.05) is 12.8 Å². The molecule has 1 amide bonds. The predicted molar refractivity (Wildman–Crippen MR) is 76.4 cm³/mol. The number of likely N-dealkylation sites (tertiary alicyclic amines) is 1. The first-order valence-corrected chi connectivity index (χ1v) is 7.38. The number of carbonyl (C=O) groups is 1. The maximum absolute atomic E-state index is 12.9. The Kier molecular flexibility index (Phi) is 5.27. The van der Waals surface area contributed by atoms with E-state index in [1.54, 1.807) is 6.92 Å². The van der Waals surface area contributed by atoms with Gasteiger partial charge in [0.25, 0.3) is 6.43 Å². The summed E-state index contributed by atoms with van der Waals surface area (Å²) in [6.45, 7) is 5.19. The van der Waals surface area contributed by atoms with Crippen molar-refractivity contribution in [3.63, 3.8) is 0 Å². The topological polar surface area (TPSA) is 61.0 Å². The number of rotatable bonds is 4. The highest BCUT2D eigenvalue weighted by atomic mass is 19.3. The van der Waals surface area contributed by atoms with E-state index >= 15 is 0 Å². The molecule has 1 aromatic heterocycles. The second-order valence-electron chi connectivity index (χ2n) is 5.52. The molecule has 1 aromatic rings. The molecule has 1 unspecified atom stereocenters. The second-order valence-corrected chi connectivity index (χ2v) is 5.52. The number of halogens is 2. The first-order valence-electron chi connectivity index (χ1n) is 7.38. The van der Waals surface area contributed by atoms with Crippen LogP contribution in [0.25, 0.3) is 0 Å². The second kappa shape index (κ2) is 6.98. The van der Waals surface area contributed by atoms with Gasteiger partial charge in [0.15, 0.2) is 5.69 Å². The number of anilines is 1. The number of amides is 1. The van der Waals surface area contributed by atoms with E-state index in [9.17, 15) is 13.6 Å². The summed E-state index contributed by atoms with van der Waals surface area (Å²) in [5.41, 5.74) is 0.155. The molecule has 0 bridgehead atoms. The summed E-state index contributed by atoms with van der Waals surface area (Å²) in [5, 5.41) is 8.65. The molecule has 0 aliphatic carbocycles. The number of carbonyl (C=O) groups excluding carboxylic acids is 1. The molecular formula is C14H22F2N4O. The molecule has 0 spiro atoms. The highest BCUT2D eigenvalue weighted by Crippen LogP contribution is 2.27. The fourth-order valence-electron chi connectivity index (χ4n) is 2.64. The third-order valence-corrected chi connectivity index (χ3v) is 4.00. The SMILES string of the molecule is Cc1[nH]nc(C(F)F)c1NC(=O)C(C)N1CCCCCC1. The molecule has 2 N–H and O–H groups in total. The third-order valence-electron chi connectivity index (χ3n) is 4.00. The summed E-state index contributed by atoms with van der Waals surface area (Å²) >= 11 is 0. The molecule has 1 saturated heterocycles. The molecule has 2 heterocycles. The van der Waals surface area contributed by atoms with Crippen molar-refractivity contribution < 1.29 is 13.6 Å². The zero-order chi connectivity index (χ0) is 15.4. The molecular weight excluding hydrogens is 278 g/mol. The number of alkyl halides is 2. The normalized spacial score (nSPS) is 18.5. The molecule has 1 aliphatic heterocycles. The Bertz CT molecular complexity index is 481. The van der Waals surface area contributed by atoms with Crippen LogP contribution in [0.1, 0.15) is 50.4 Å². The van der Waals surface area contributed by atoms with E-state index in [1.807, 2.05) is 6.92 Å². The number of nitrogens with zero attached hydrogens (tertiary/aromatic N) is 2. The van der Waals surface area contributed by atoms with Crippen LogP contribution in [-0.4, -0.2) is 40.1 Å². The Morgan fingerprint density at radius 1 is 1.29 bits per heavy atom. The highest BCUT2D eigenvalue weighted by molar-refractivity contribution is 5.95. The monoisotopic (exact) mass is 300 g/mol. The van der Waals surface area contributed by atoms with Crippen LogP contribution >= 0.6 is 0 Å². The average molecular weight is 300 g/mol. The number of hydrogen-bond donors (Lipinski definition) is 2. The number of H-pyrrole nitrogens is 1. The minimum atomic E-state index is -2.71. The molecule has 21 heavy (non-hydrogen) atoms. The van der Waals surface area contributed by atoms with Gasteiger partial charge in [0.2, 0.25) is 5.91 Å². The van der Waals surface area contributed by atoms with Crippen molar-refractivity contribution in [2.45, 2.75) is 52.0 Å². The van der Waals surface area contributed by atoms with Crippen molar-refractivity contribution in [1.29, 1.82) is 0 Å². The van der Waals surface area contributed by atoms with Gasteiger partial charge in [-0.15, -0.1) is 0 Å². The lowest BCUT2D eigenvalue weighted by molar-refractivity contribution is -0.120. The van der Waals surface area contributed by atoms with Crippen LogP contribution in [0.3, 0.4) is 0 Å². The minimum absolute atomic E-state index is 0.108. The number of aromatic amines is 1. The van der Waals surface area contributed by atoms with Gasteiger partial charge in [0.05, 0.1) is 17.4 Å². The van der Waals surface area contributed by atoms with Gasteiger partial charge in [-0.3, -0.25) is 14.8 Å². The van der Waals surface area contributed by atoms with Crippen LogP contribution in [0.2, 0.25) is 0 Å². The quantitative estimate of drug-likeness (QED) is 0.899. The molecule has 0 saturated carbocycles. The van der Waals surface area contributed by atoms with E-state index in [4.69, 9.17) is 0 Å². The Morgan fingerprint density at radius 3 is 2.48 bits per heavy atom. The van der Waals surface area contributed by atoms with Crippen molar-refractivity contribution in [2.24, 2.45) is 0 Å². The summed E-state index contributed by atoms with van der Waals surface area (Å²) in [6.07, 6.45) is 1.80. The van der Waals surface area contributed by atoms with Crippen LogP contribution in [0, 0.1) is 6.92 Å². The number of hydrogen-bond acceptors (Lipinski definition) is 3. The van der Waals surface area contributed by atoms with E-state index in [1.165, 1.54) is 12.8 Å². The van der Waals surface area contributed by atoms with Crippen LogP contribution in [0.15, 0.2) is 0 Å². The Hall–Kier alpha value is -1.50. The van der Waals surface area contributed by atoms with Crippen molar-refractivity contribution in [1.82, 2.24) is 15.1 Å². The van der Waals surface area contributed by atoms with Gasteiger partial charge in [-0.2, -0.15) is 5.10 Å². The summed E-state index contributed by atoms with van der Waals surface area (Å²) in [4.78, 5) is 14.4. The van der Waals surface area contributed by atoms with Crippen molar-refractivity contribution >= 4 is 11.6 Å². The zero-order valence-corrected chi connectivity index (χ0v) is 12.5. The molecule has 2 rings (SSSR count). The van der Waals surface area contributed by atoms with E-state index in [0.29, 0.717) is 5.69 Å². The van der Waals surface area contributed by atoms with Crippen LogP contribution in [0.4, 0.5) is 14.5 Å². The van der Waals surface area contributed by atoms with Gasteiger partial charge in [0, 0.05) is 0 Å².